The van der Waals surface area contributed by atoms with Crippen LogP contribution in [0.15, 0.2) is 54.7 Å². The van der Waals surface area contributed by atoms with Gasteiger partial charge in [0.15, 0.2) is 17.3 Å². The molecule has 34 heavy (non-hydrogen) atoms. The molecular formula is C24H26N8O2. The molecule has 0 bridgehead atoms. The number of nitrogens with two attached hydrogens (primary N) is 1. The van der Waals surface area contributed by atoms with Crippen molar-refractivity contribution in [3.63, 3.8) is 0 Å². The van der Waals surface area contributed by atoms with Gasteiger partial charge in [-0.3, -0.25) is 14.8 Å². The molecule has 1 aliphatic rings. The van der Waals surface area contributed by atoms with Crippen LogP contribution in [-0.4, -0.2) is 62.3 Å². The Kier molecular flexibility index (Phi) is 6.17. The summed E-state index contributed by atoms with van der Waals surface area (Å²) in [7, 11) is 0. The van der Waals surface area contributed by atoms with Crippen LogP contribution in [0.1, 0.15) is 28.7 Å². The molecule has 6 N–H and O–H groups in total. The Morgan fingerprint density at radius 2 is 1.94 bits per heavy atom. The molecule has 174 valence electrons. The Hall–Kier alpha value is -3.86. The number of hydrogen-bond donors (Lipinski definition) is 5. The number of amides is 1. The van der Waals surface area contributed by atoms with E-state index in [4.69, 9.17) is 5.73 Å². The number of aromatic nitrogens is 4. The fourth-order valence-electron chi connectivity index (χ4n) is 4.08. The maximum atomic E-state index is 12.9. The number of fused-ring (bicyclic) bond motifs is 1. The average molecular weight is 459 g/mol. The van der Waals surface area contributed by atoms with E-state index < -0.39 is 12.1 Å². The average Bonchev–Trinajstić information content (AvgIpc) is 3.08. The van der Waals surface area contributed by atoms with E-state index in [-0.39, 0.29) is 11.5 Å². The number of H-pyrrole nitrogens is 1. The second-order valence-corrected chi connectivity index (χ2v) is 8.20. The molecule has 1 atom stereocenters. The Morgan fingerprint density at radius 3 is 2.79 bits per heavy atom. The highest BCUT2D eigenvalue weighted by Gasteiger charge is 2.20. The number of hydrogen-bond acceptors (Lipinski definition) is 8. The molecule has 0 aliphatic carbocycles. The lowest BCUT2D eigenvalue weighted by molar-refractivity contribution is 0.00622. The van der Waals surface area contributed by atoms with Gasteiger partial charge < -0.3 is 21.5 Å². The van der Waals surface area contributed by atoms with Crippen LogP contribution in [0, 0.1) is 0 Å². The van der Waals surface area contributed by atoms with E-state index in [2.05, 4.69) is 35.7 Å². The van der Waals surface area contributed by atoms with Gasteiger partial charge in [-0.25, -0.2) is 9.97 Å². The van der Waals surface area contributed by atoms with E-state index in [1.165, 1.54) is 6.20 Å². The summed E-state index contributed by atoms with van der Waals surface area (Å²) in [6.07, 6.45) is 1.85. The number of carbonyl (C=O) groups is 1. The van der Waals surface area contributed by atoms with Gasteiger partial charge in [0.1, 0.15) is 6.23 Å². The lowest BCUT2D eigenvalue weighted by atomic mass is 10.1. The third-order valence-electron chi connectivity index (χ3n) is 5.94. The lowest BCUT2D eigenvalue weighted by Crippen LogP contribution is -2.32. The smallest absolute Gasteiger partial charge is 0.279 e. The zero-order valence-corrected chi connectivity index (χ0v) is 18.5. The number of anilines is 2. The number of nitrogens with zero attached hydrogens (tertiary/aromatic N) is 4. The largest absolute Gasteiger partial charge is 0.382 e. The van der Waals surface area contributed by atoms with E-state index >= 15 is 0 Å². The fourth-order valence-corrected chi connectivity index (χ4v) is 4.08. The normalized spacial score (nSPS) is 15.7. The first-order valence-electron chi connectivity index (χ1n) is 11.2. The number of nitrogens with one attached hydrogen (secondary N) is 3. The van der Waals surface area contributed by atoms with Gasteiger partial charge in [-0.2, -0.15) is 5.10 Å². The molecule has 3 heterocycles. The maximum absolute atomic E-state index is 12.9. The summed E-state index contributed by atoms with van der Waals surface area (Å²) in [5, 5.41) is 24.7. The summed E-state index contributed by atoms with van der Waals surface area (Å²) in [5.41, 5.74) is 8.86. The first-order chi connectivity index (χ1) is 16.6. The molecule has 0 saturated carbocycles. The molecule has 2 aromatic heterocycles. The molecule has 5 rings (SSSR count). The predicted octanol–water partition coefficient (Wildman–Crippen LogP) is 2.14. The van der Waals surface area contributed by atoms with Crippen molar-refractivity contribution in [1.29, 1.82) is 0 Å². The Balaban J connectivity index is 1.35. The van der Waals surface area contributed by atoms with Crippen LogP contribution >= 0.6 is 0 Å². The zero-order valence-electron chi connectivity index (χ0n) is 18.5. The zero-order chi connectivity index (χ0) is 23.5. The molecule has 1 amide bonds. The topological polar surface area (TPSA) is 145 Å². The monoisotopic (exact) mass is 458 g/mol. The highest BCUT2D eigenvalue weighted by atomic mass is 16.3. The van der Waals surface area contributed by atoms with Crippen molar-refractivity contribution in [3.8, 4) is 11.3 Å². The van der Waals surface area contributed by atoms with Crippen molar-refractivity contribution in [1.82, 2.24) is 30.4 Å². The van der Waals surface area contributed by atoms with Crippen molar-refractivity contribution < 1.29 is 9.90 Å². The second-order valence-electron chi connectivity index (χ2n) is 8.20. The number of aliphatic hydroxyl groups is 1. The Morgan fingerprint density at radius 1 is 1.12 bits per heavy atom. The van der Waals surface area contributed by atoms with Crippen LogP contribution in [0.2, 0.25) is 0 Å². The van der Waals surface area contributed by atoms with Gasteiger partial charge in [0.25, 0.3) is 5.91 Å². The minimum absolute atomic E-state index is 0.0192. The van der Waals surface area contributed by atoms with E-state index in [1.54, 1.807) is 0 Å². The second kappa shape index (κ2) is 9.56. The van der Waals surface area contributed by atoms with E-state index in [1.807, 2.05) is 48.5 Å². The predicted molar refractivity (Wildman–Crippen MR) is 130 cm³/mol. The van der Waals surface area contributed by atoms with Crippen molar-refractivity contribution in [2.75, 3.05) is 37.2 Å². The number of carbonyl (C=O) groups excluding carboxylic acids is 1. The third-order valence-corrected chi connectivity index (χ3v) is 5.94. The van der Waals surface area contributed by atoms with Crippen LogP contribution in [0.5, 0.6) is 0 Å². The summed E-state index contributed by atoms with van der Waals surface area (Å²) in [5.74, 6) is -0.0666. The van der Waals surface area contributed by atoms with Gasteiger partial charge in [0.2, 0.25) is 0 Å². The van der Waals surface area contributed by atoms with Gasteiger partial charge in [-0.1, -0.05) is 36.4 Å². The minimum atomic E-state index is -0.670. The van der Waals surface area contributed by atoms with Crippen LogP contribution in [0.4, 0.5) is 11.6 Å². The van der Waals surface area contributed by atoms with Gasteiger partial charge in [0, 0.05) is 30.6 Å². The van der Waals surface area contributed by atoms with Crippen molar-refractivity contribution in [2.45, 2.75) is 12.6 Å². The standard InChI is InChI=1S/C24H26N8O2/c25-21-20(23(33)29-22-17-4-1-2-5-18(17)30-31-22)28-19(14-27-21)15-6-8-16(9-7-15)24(34)32-12-3-10-26-11-13-32/h1-2,4-9,14,24,26,34H,3,10-13H2,(H2,25,27)(H2,29,30,31,33). The molecule has 1 saturated heterocycles. The maximum Gasteiger partial charge on any atom is 0.279 e. The molecule has 1 fully saturated rings. The van der Waals surface area contributed by atoms with Crippen LogP contribution < -0.4 is 16.4 Å². The van der Waals surface area contributed by atoms with Crippen molar-refractivity contribution in [3.05, 3.63) is 66.0 Å². The molecule has 1 aliphatic heterocycles. The first kappa shape index (κ1) is 22.0. The van der Waals surface area contributed by atoms with Crippen LogP contribution in [0.25, 0.3) is 22.2 Å². The van der Waals surface area contributed by atoms with Gasteiger partial charge in [-0.05, 0) is 30.7 Å². The summed E-state index contributed by atoms with van der Waals surface area (Å²) in [6, 6.07) is 14.9. The Bertz CT molecular complexity index is 1300. The van der Waals surface area contributed by atoms with Gasteiger partial charge in [0.05, 0.1) is 17.4 Å². The van der Waals surface area contributed by atoms with Gasteiger partial charge >= 0.3 is 0 Å². The molecular weight excluding hydrogens is 432 g/mol. The SMILES string of the molecule is Nc1ncc(-c2ccc(C(O)N3CCCNCC3)cc2)nc1C(=O)Nc1n[nH]c2ccccc12. The molecule has 2 aromatic carbocycles. The van der Waals surface area contributed by atoms with E-state index in [9.17, 15) is 9.90 Å². The number of aromatic amines is 1. The van der Waals surface area contributed by atoms with Crippen LogP contribution in [-0.2, 0) is 0 Å². The highest BCUT2D eigenvalue weighted by molar-refractivity contribution is 6.09. The summed E-state index contributed by atoms with van der Waals surface area (Å²) in [4.78, 5) is 23.6. The molecule has 10 nitrogen and oxygen atoms in total. The van der Waals surface area contributed by atoms with E-state index in [0.29, 0.717) is 11.5 Å². The quantitative estimate of drug-likeness (QED) is 0.306. The van der Waals surface area contributed by atoms with E-state index in [0.717, 1.165) is 54.6 Å². The molecule has 1 unspecified atom stereocenters. The summed E-state index contributed by atoms with van der Waals surface area (Å²) < 4.78 is 0. The number of benzene rings is 2. The number of nitrogen functional groups attached to an aromatic ring is 1. The summed E-state index contributed by atoms with van der Waals surface area (Å²) >= 11 is 0. The Labute approximate surface area is 196 Å². The number of aliphatic hydroxyl groups excluding tert-OH is 1. The highest BCUT2D eigenvalue weighted by Crippen LogP contribution is 2.25. The molecule has 0 radical (unpaired) electrons. The first-order valence-corrected chi connectivity index (χ1v) is 11.2. The minimum Gasteiger partial charge on any atom is -0.382 e. The van der Waals surface area contributed by atoms with Gasteiger partial charge in [-0.15, -0.1) is 0 Å². The van der Waals surface area contributed by atoms with Crippen molar-refractivity contribution >= 4 is 28.4 Å². The molecule has 4 aromatic rings. The lowest BCUT2D eigenvalue weighted by Gasteiger charge is -2.26. The molecule has 10 heteroatoms. The van der Waals surface area contributed by atoms with Crippen molar-refractivity contribution in [2.24, 2.45) is 0 Å². The molecule has 0 spiro atoms. The number of para-hydroxylation sites is 1. The number of rotatable bonds is 5. The van der Waals surface area contributed by atoms with Crippen LogP contribution in [0.3, 0.4) is 0 Å². The fraction of sp³-hybridized carbons (Fsp3) is 0.250. The third kappa shape index (κ3) is 4.46. The summed E-state index contributed by atoms with van der Waals surface area (Å²) in [6.45, 7) is 3.44.